The minimum absolute atomic E-state index is 0.331. The maximum absolute atomic E-state index is 10.2. The van der Waals surface area contributed by atoms with Crippen LogP contribution in [0.4, 0.5) is 0 Å². The van der Waals surface area contributed by atoms with Gasteiger partial charge in [-0.2, -0.15) is 0 Å². The van der Waals surface area contributed by atoms with Gasteiger partial charge in [-0.1, -0.05) is 37.6 Å². The van der Waals surface area contributed by atoms with Crippen molar-refractivity contribution < 1.29 is 9.90 Å². The Labute approximate surface area is 92.3 Å². The maximum atomic E-state index is 10.2. The number of carboxylic acid groups (broad SMARTS) is 1. The molecule has 1 N–H and O–H groups in total. The average Bonchev–Trinajstić information content (AvgIpc) is 2.21. The van der Waals surface area contributed by atoms with E-state index in [4.69, 9.17) is 5.11 Å². The Morgan fingerprint density at radius 2 is 1.47 bits per heavy atom. The quantitative estimate of drug-likeness (QED) is 0.708. The van der Waals surface area contributed by atoms with E-state index < -0.39 is 5.97 Å². The number of aromatic carboxylic acids is 1. The molecule has 15 heavy (non-hydrogen) atoms. The second-order valence-electron chi connectivity index (χ2n) is 2.88. The first kappa shape index (κ1) is 15.9. The van der Waals surface area contributed by atoms with Gasteiger partial charge in [0.1, 0.15) is 0 Å². The average molecular weight is 208 g/mol. The zero-order chi connectivity index (χ0) is 12.3. The van der Waals surface area contributed by atoms with Gasteiger partial charge in [-0.25, -0.2) is 4.79 Å². The van der Waals surface area contributed by atoms with E-state index in [-0.39, 0.29) is 0 Å². The molecule has 0 radical (unpaired) electrons. The summed E-state index contributed by atoms with van der Waals surface area (Å²) in [6.45, 7) is 11.5. The fourth-order valence-electron chi connectivity index (χ4n) is 0.581. The summed E-state index contributed by atoms with van der Waals surface area (Å²) < 4.78 is 0. The molecule has 0 bridgehead atoms. The highest BCUT2D eigenvalue weighted by molar-refractivity contribution is 5.87. The van der Waals surface area contributed by atoms with Crippen molar-refractivity contribution in [1.82, 2.24) is 0 Å². The third kappa shape index (κ3) is 12.4. The Kier molecular flexibility index (Phi) is 11.1. The van der Waals surface area contributed by atoms with E-state index in [9.17, 15) is 4.79 Å². The van der Waals surface area contributed by atoms with Crippen LogP contribution in [-0.2, 0) is 0 Å². The highest BCUT2D eigenvalue weighted by Gasteiger charge is 1.96. The van der Waals surface area contributed by atoms with Crippen LogP contribution in [0.25, 0.3) is 0 Å². The number of allylic oxidation sites excluding steroid dienone is 1. The number of carbonyl (C=O) groups is 1. The van der Waals surface area contributed by atoms with Crippen molar-refractivity contribution in [3.8, 4) is 0 Å². The van der Waals surface area contributed by atoms with Crippen LogP contribution in [-0.4, -0.2) is 11.1 Å². The molecule has 0 saturated heterocycles. The first-order valence-corrected chi connectivity index (χ1v) is 4.94. The van der Waals surface area contributed by atoms with E-state index in [1.165, 1.54) is 5.57 Å². The molecule has 0 saturated carbocycles. The van der Waals surface area contributed by atoms with E-state index in [1.54, 1.807) is 30.3 Å². The van der Waals surface area contributed by atoms with Gasteiger partial charge in [-0.15, -0.1) is 6.58 Å². The summed E-state index contributed by atoms with van der Waals surface area (Å²) in [6, 6.07) is 8.30. The second kappa shape index (κ2) is 10.5. The lowest BCUT2D eigenvalue weighted by atomic mass is 10.2. The standard InChI is InChI=1S/C7H6O2.C4H8.C2H6/c8-7(9)6-4-2-1-3-5-6;1-4(2)3;1-2/h1-5H,(H,8,9);1H2,2-3H3;1-2H3. The van der Waals surface area contributed by atoms with E-state index >= 15 is 0 Å². The van der Waals surface area contributed by atoms with Gasteiger partial charge in [0.2, 0.25) is 0 Å². The van der Waals surface area contributed by atoms with Crippen molar-refractivity contribution in [3.63, 3.8) is 0 Å². The van der Waals surface area contributed by atoms with E-state index in [0.29, 0.717) is 5.56 Å². The van der Waals surface area contributed by atoms with Crippen molar-refractivity contribution in [2.75, 3.05) is 0 Å². The van der Waals surface area contributed by atoms with Crippen LogP contribution in [0.1, 0.15) is 38.1 Å². The summed E-state index contributed by atoms with van der Waals surface area (Å²) in [6.07, 6.45) is 0. The number of benzene rings is 1. The molecule has 0 fully saturated rings. The third-order valence-corrected chi connectivity index (χ3v) is 1.02. The van der Waals surface area contributed by atoms with Crippen LogP contribution >= 0.6 is 0 Å². The van der Waals surface area contributed by atoms with Gasteiger partial charge in [0.25, 0.3) is 0 Å². The van der Waals surface area contributed by atoms with Crippen molar-refractivity contribution in [3.05, 3.63) is 48.0 Å². The lowest BCUT2D eigenvalue weighted by Crippen LogP contribution is -1.93. The summed E-state index contributed by atoms with van der Waals surface area (Å²) in [5, 5.41) is 8.38. The SMILES string of the molecule is C=C(C)C.CC.O=C(O)c1ccccc1. The van der Waals surface area contributed by atoms with Crippen molar-refractivity contribution >= 4 is 5.97 Å². The molecular weight excluding hydrogens is 188 g/mol. The van der Waals surface area contributed by atoms with E-state index in [1.807, 2.05) is 27.7 Å². The van der Waals surface area contributed by atoms with Crippen LogP contribution in [0.2, 0.25) is 0 Å². The van der Waals surface area contributed by atoms with Gasteiger partial charge in [0, 0.05) is 0 Å². The zero-order valence-electron chi connectivity index (χ0n) is 9.95. The summed E-state index contributed by atoms with van der Waals surface area (Å²) in [5.41, 5.74) is 1.50. The molecule has 0 spiro atoms. The Morgan fingerprint density at radius 3 is 1.67 bits per heavy atom. The highest BCUT2D eigenvalue weighted by Crippen LogP contribution is 1.96. The molecule has 84 valence electrons. The monoisotopic (exact) mass is 208 g/mol. The Morgan fingerprint density at radius 1 is 1.13 bits per heavy atom. The van der Waals surface area contributed by atoms with Crippen molar-refractivity contribution in [1.29, 1.82) is 0 Å². The largest absolute Gasteiger partial charge is 0.478 e. The molecule has 0 aliphatic carbocycles. The lowest BCUT2D eigenvalue weighted by Gasteiger charge is -1.88. The van der Waals surface area contributed by atoms with Gasteiger partial charge < -0.3 is 5.11 Å². The topological polar surface area (TPSA) is 37.3 Å². The van der Waals surface area contributed by atoms with E-state index in [0.717, 1.165) is 0 Å². The fourth-order valence-corrected chi connectivity index (χ4v) is 0.581. The molecule has 0 aromatic heterocycles. The molecule has 1 rings (SSSR count). The molecule has 0 aliphatic rings. The molecule has 0 amide bonds. The van der Waals surface area contributed by atoms with Crippen LogP contribution in [0.3, 0.4) is 0 Å². The molecule has 0 heterocycles. The number of rotatable bonds is 1. The third-order valence-electron chi connectivity index (χ3n) is 1.02. The van der Waals surface area contributed by atoms with Gasteiger partial charge in [-0.05, 0) is 26.0 Å². The molecule has 1 aromatic rings. The van der Waals surface area contributed by atoms with Gasteiger partial charge >= 0.3 is 5.97 Å². The minimum Gasteiger partial charge on any atom is -0.478 e. The maximum Gasteiger partial charge on any atom is 0.335 e. The Balaban J connectivity index is 0. The Hall–Kier alpha value is -1.57. The zero-order valence-corrected chi connectivity index (χ0v) is 9.95. The minimum atomic E-state index is -0.879. The molecule has 0 atom stereocenters. The number of carboxylic acids is 1. The predicted molar refractivity (Wildman–Crippen MR) is 65.2 cm³/mol. The van der Waals surface area contributed by atoms with Crippen LogP contribution in [0, 0.1) is 0 Å². The smallest absolute Gasteiger partial charge is 0.335 e. The molecule has 2 heteroatoms. The molecule has 0 unspecified atom stereocenters. The Bertz CT molecular complexity index is 272. The van der Waals surface area contributed by atoms with E-state index in [2.05, 4.69) is 6.58 Å². The second-order valence-corrected chi connectivity index (χ2v) is 2.88. The summed E-state index contributed by atoms with van der Waals surface area (Å²) >= 11 is 0. The molecule has 0 aliphatic heterocycles. The van der Waals surface area contributed by atoms with Crippen LogP contribution in [0.15, 0.2) is 42.5 Å². The summed E-state index contributed by atoms with van der Waals surface area (Å²) in [4.78, 5) is 10.2. The number of hydrogen-bond donors (Lipinski definition) is 1. The fraction of sp³-hybridized carbons (Fsp3) is 0.308. The molecule has 1 aromatic carbocycles. The van der Waals surface area contributed by atoms with Crippen molar-refractivity contribution in [2.45, 2.75) is 27.7 Å². The van der Waals surface area contributed by atoms with Crippen molar-refractivity contribution in [2.24, 2.45) is 0 Å². The van der Waals surface area contributed by atoms with Gasteiger partial charge in [-0.3, -0.25) is 0 Å². The van der Waals surface area contributed by atoms with Gasteiger partial charge in [0.05, 0.1) is 5.56 Å². The molecule has 2 nitrogen and oxygen atoms in total. The summed E-state index contributed by atoms with van der Waals surface area (Å²) in [5.74, 6) is -0.879. The number of hydrogen-bond acceptors (Lipinski definition) is 1. The lowest BCUT2D eigenvalue weighted by molar-refractivity contribution is 0.0697. The predicted octanol–water partition coefficient (Wildman–Crippen LogP) is 3.99. The van der Waals surface area contributed by atoms with Gasteiger partial charge in [0.15, 0.2) is 0 Å². The highest BCUT2D eigenvalue weighted by atomic mass is 16.4. The summed E-state index contributed by atoms with van der Waals surface area (Å²) in [7, 11) is 0. The van der Waals surface area contributed by atoms with Crippen LogP contribution < -0.4 is 0 Å². The normalized spacial score (nSPS) is 7.47. The first-order chi connectivity index (χ1) is 7.04. The first-order valence-electron chi connectivity index (χ1n) is 4.94. The molecular formula is C13H20O2. The van der Waals surface area contributed by atoms with Crippen LogP contribution in [0.5, 0.6) is 0 Å².